The van der Waals surface area contributed by atoms with Gasteiger partial charge in [-0.1, -0.05) is 0 Å². The van der Waals surface area contributed by atoms with Gasteiger partial charge in [0, 0.05) is 26.2 Å². The summed E-state index contributed by atoms with van der Waals surface area (Å²) in [6.07, 6.45) is 2.12. The fraction of sp³-hybridized carbons (Fsp3) is 1.00. The first-order chi connectivity index (χ1) is 7.13. The molecule has 15 heavy (non-hydrogen) atoms. The molecule has 1 fully saturated rings. The van der Waals surface area contributed by atoms with Gasteiger partial charge >= 0.3 is 0 Å². The third-order valence-electron chi connectivity index (χ3n) is 3.08. The zero-order valence-corrected chi connectivity index (χ0v) is 10.1. The van der Waals surface area contributed by atoms with Crippen molar-refractivity contribution in [3.05, 3.63) is 0 Å². The second-order valence-electron chi connectivity index (χ2n) is 4.61. The van der Waals surface area contributed by atoms with Crippen molar-refractivity contribution in [2.75, 3.05) is 47.4 Å². The van der Waals surface area contributed by atoms with Gasteiger partial charge in [0.15, 0.2) is 0 Å². The van der Waals surface area contributed by atoms with Crippen LogP contribution in [-0.2, 0) is 4.74 Å². The van der Waals surface area contributed by atoms with Gasteiger partial charge in [-0.05, 0) is 33.5 Å². The van der Waals surface area contributed by atoms with Crippen LogP contribution >= 0.6 is 0 Å². The summed E-state index contributed by atoms with van der Waals surface area (Å²) in [4.78, 5) is 4.60. The molecule has 0 aromatic carbocycles. The van der Waals surface area contributed by atoms with Crippen LogP contribution in [0.5, 0.6) is 0 Å². The van der Waals surface area contributed by atoms with E-state index in [-0.39, 0.29) is 6.10 Å². The number of nitrogens with zero attached hydrogens (tertiary/aromatic N) is 2. The minimum atomic E-state index is -0.368. The van der Waals surface area contributed by atoms with E-state index in [0.717, 1.165) is 6.54 Å². The molecule has 0 saturated carbocycles. The van der Waals surface area contributed by atoms with E-state index in [2.05, 4.69) is 23.9 Å². The average molecular weight is 216 g/mol. The van der Waals surface area contributed by atoms with E-state index in [1.165, 1.54) is 19.4 Å². The molecule has 2 unspecified atom stereocenters. The van der Waals surface area contributed by atoms with Crippen molar-refractivity contribution >= 4 is 0 Å². The lowest BCUT2D eigenvalue weighted by Crippen LogP contribution is -2.47. The van der Waals surface area contributed by atoms with E-state index in [4.69, 9.17) is 4.74 Å². The van der Waals surface area contributed by atoms with Crippen LogP contribution in [0.15, 0.2) is 0 Å². The summed E-state index contributed by atoms with van der Waals surface area (Å²) in [6, 6.07) is 0.579. The Bertz CT molecular complexity index is 178. The topological polar surface area (TPSA) is 35.9 Å². The highest BCUT2D eigenvalue weighted by molar-refractivity contribution is 4.78. The highest BCUT2D eigenvalue weighted by Gasteiger charge is 2.22. The van der Waals surface area contributed by atoms with Crippen molar-refractivity contribution in [2.24, 2.45) is 0 Å². The molecule has 1 N–H and O–H groups in total. The third kappa shape index (κ3) is 4.47. The standard InChI is InChI=1S/C11H24N2O2/c1-12-6-4-5-10(7-12)13(2)8-11(14)9-15-3/h10-11,14H,4-9H2,1-3H3. The highest BCUT2D eigenvalue weighted by atomic mass is 16.5. The van der Waals surface area contributed by atoms with Crippen molar-refractivity contribution in [3.8, 4) is 0 Å². The van der Waals surface area contributed by atoms with Gasteiger partial charge in [0.25, 0.3) is 0 Å². The Morgan fingerprint density at radius 2 is 2.33 bits per heavy atom. The lowest BCUT2D eigenvalue weighted by atomic mass is 10.0. The van der Waals surface area contributed by atoms with Crippen LogP contribution in [0, 0.1) is 0 Å². The van der Waals surface area contributed by atoms with Crippen molar-refractivity contribution in [3.63, 3.8) is 0 Å². The van der Waals surface area contributed by atoms with Crippen LogP contribution in [0.4, 0.5) is 0 Å². The number of hydrogen-bond donors (Lipinski definition) is 1. The lowest BCUT2D eigenvalue weighted by molar-refractivity contribution is 0.0246. The summed E-state index contributed by atoms with van der Waals surface area (Å²) in [5.74, 6) is 0. The van der Waals surface area contributed by atoms with Crippen LogP contribution in [0.25, 0.3) is 0 Å². The molecule has 4 nitrogen and oxygen atoms in total. The van der Waals surface area contributed by atoms with E-state index in [1.807, 2.05) is 0 Å². The van der Waals surface area contributed by atoms with Crippen LogP contribution < -0.4 is 0 Å². The summed E-state index contributed by atoms with van der Waals surface area (Å²) < 4.78 is 4.93. The molecule has 0 radical (unpaired) electrons. The minimum absolute atomic E-state index is 0.368. The molecular weight excluding hydrogens is 192 g/mol. The quantitative estimate of drug-likeness (QED) is 0.703. The fourth-order valence-corrected chi connectivity index (χ4v) is 2.23. The van der Waals surface area contributed by atoms with Crippen LogP contribution in [0.2, 0.25) is 0 Å². The number of piperidine rings is 1. The van der Waals surface area contributed by atoms with Gasteiger partial charge < -0.3 is 14.7 Å². The maximum absolute atomic E-state index is 9.64. The van der Waals surface area contributed by atoms with E-state index in [1.54, 1.807) is 7.11 Å². The van der Waals surface area contributed by atoms with E-state index in [0.29, 0.717) is 19.2 Å². The Hall–Kier alpha value is -0.160. The Morgan fingerprint density at radius 1 is 1.60 bits per heavy atom. The van der Waals surface area contributed by atoms with Crippen molar-refractivity contribution < 1.29 is 9.84 Å². The second kappa shape index (κ2) is 6.43. The largest absolute Gasteiger partial charge is 0.389 e. The zero-order valence-electron chi connectivity index (χ0n) is 10.1. The highest BCUT2D eigenvalue weighted by Crippen LogP contribution is 2.13. The van der Waals surface area contributed by atoms with E-state index in [9.17, 15) is 5.11 Å². The Balaban J connectivity index is 2.28. The first-order valence-corrected chi connectivity index (χ1v) is 5.69. The molecule has 0 bridgehead atoms. The van der Waals surface area contributed by atoms with Gasteiger partial charge in [0.05, 0.1) is 12.7 Å². The molecule has 4 heteroatoms. The first-order valence-electron chi connectivity index (χ1n) is 5.69. The number of aliphatic hydroxyl groups is 1. The van der Waals surface area contributed by atoms with Gasteiger partial charge in [-0.15, -0.1) is 0 Å². The Labute approximate surface area is 92.8 Å². The van der Waals surface area contributed by atoms with Gasteiger partial charge in [-0.2, -0.15) is 0 Å². The molecule has 90 valence electrons. The first kappa shape index (κ1) is 12.9. The van der Waals surface area contributed by atoms with Crippen molar-refractivity contribution in [2.45, 2.75) is 25.0 Å². The predicted molar refractivity (Wildman–Crippen MR) is 61.0 cm³/mol. The normalized spacial score (nSPS) is 25.8. The number of rotatable bonds is 5. The fourth-order valence-electron chi connectivity index (χ4n) is 2.23. The molecule has 2 atom stereocenters. The molecule has 0 spiro atoms. The third-order valence-corrected chi connectivity index (χ3v) is 3.08. The van der Waals surface area contributed by atoms with Crippen molar-refractivity contribution in [1.82, 2.24) is 9.80 Å². The molecule has 1 heterocycles. The molecule has 0 aromatic heterocycles. The number of likely N-dealkylation sites (tertiary alicyclic amines) is 1. The summed E-state index contributed by atoms with van der Waals surface area (Å²) in [5.41, 5.74) is 0. The summed E-state index contributed by atoms with van der Waals surface area (Å²) >= 11 is 0. The smallest absolute Gasteiger partial charge is 0.0900 e. The zero-order chi connectivity index (χ0) is 11.3. The molecule has 1 saturated heterocycles. The Kier molecular flexibility index (Phi) is 5.53. The number of aliphatic hydroxyl groups excluding tert-OH is 1. The minimum Gasteiger partial charge on any atom is -0.389 e. The molecule has 0 aromatic rings. The van der Waals surface area contributed by atoms with Crippen LogP contribution in [-0.4, -0.2) is 74.5 Å². The lowest BCUT2D eigenvalue weighted by Gasteiger charge is -2.36. The van der Waals surface area contributed by atoms with Gasteiger partial charge in [0.1, 0.15) is 0 Å². The molecule has 0 aliphatic carbocycles. The number of likely N-dealkylation sites (N-methyl/N-ethyl adjacent to an activating group) is 2. The van der Waals surface area contributed by atoms with Gasteiger partial charge in [-0.3, -0.25) is 4.90 Å². The molecule has 1 rings (SSSR count). The summed E-state index contributed by atoms with van der Waals surface area (Å²) in [7, 11) is 5.87. The Morgan fingerprint density at radius 3 is 2.93 bits per heavy atom. The summed E-state index contributed by atoms with van der Waals surface area (Å²) in [6.45, 7) is 3.43. The SMILES string of the molecule is COCC(O)CN(C)C1CCCN(C)C1. The predicted octanol–water partition coefficient (Wildman–Crippen LogP) is 0.0197. The number of hydrogen-bond acceptors (Lipinski definition) is 4. The molecular formula is C11H24N2O2. The number of ether oxygens (including phenoxy) is 1. The van der Waals surface area contributed by atoms with Gasteiger partial charge in [-0.25, -0.2) is 0 Å². The van der Waals surface area contributed by atoms with Crippen LogP contribution in [0.1, 0.15) is 12.8 Å². The van der Waals surface area contributed by atoms with E-state index < -0.39 is 0 Å². The van der Waals surface area contributed by atoms with Crippen molar-refractivity contribution in [1.29, 1.82) is 0 Å². The average Bonchev–Trinajstić information content (AvgIpc) is 2.18. The monoisotopic (exact) mass is 216 g/mol. The second-order valence-corrected chi connectivity index (χ2v) is 4.61. The molecule has 0 amide bonds. The van der Waals surface area contributed by atoms with E-state index >= 15 is 0 Å². The molecule has 1 aliphatic rings. The number of methoxy groups -OCH3 is 1. The summed E-state index contributed by atoms with van der Waals surface area (Å²) in [5, 5.41) is 9.64. The van der Waals surface area contributed by atoms with Gasteiger partial charge in [0.2, 0.25) is 0 Å². The maximum Gasteiger partial charge on any atom is 0.0900 e. The van der Waals surface area contributed by atoms with Crippen LogP contribution in [0.3, 0.4) is 0 Å². The maximum atomic E-state index is 9.64. The molecule has 1 aliphatic heterocycles.